The Kier molecular flexibility index (Phi) is 5.31. The summed E-state index contributed by atoms with van der Waals surface area (Å²) in [6.45, 7) is 5.58. The van der Waals surface area contributed by atoms with Crippen molar-refractivity contribution in [3.63, 3.8) is 0 Å². The fourth-order valence-corrected chi connectivity index (χ4v) is 2.20. The average Bonchev–Trinajstić information content (AvgIpc) is 2.92. The molecular formula is C16H17ClN4O2. The lowest BCUT2D eigenvalue weighted by atomic mass is 10.1. The third-order valence-corrected chi connectivity index (χ3v) is 3.42. The van der Waals surface area contributed by atoms with E-state index in [1.165, 1.54) is 24.9 Å². The van der Waals surface area contributed by atoms with Gasteiger partial charge in [0.05, 0.1) is 24.6 Å². The molecule has 0 fully saturated rings. The van der Waals surface area contributed by atoms with Gasteiger partial charge < -0.3 is 0 Å². The summed E-state index contributed by atoms with van der Waals surface area (Å²) >= 11 is 6.10. The van der Waals surface area contributed by atoms with Crippen LogP contribution in [0.2, 0.25) is 5.02 Å². The lowest BCUT2D eigenvalue weighted by molar-refractivity contribution is -0.0757. The van der Waals surface area contributed by atoms with Crippen LogP contribution in [0.15, 0.2) is 43.3 Å². The smallest absolute Gasteiger partial charge is 0.274 e. The van der Waals surface area contributed by atoms with E-state index in [1.54, 1.807) is 18.3 Å². The van der Waals surface area contributed by atoms with E-state index >= 15 is 0 Å². The molecule has 0 bridgehead atoms. The van der Waals surface area contributed by atoms with Crippen LogP contribution in [0.1, 0.15) is 23.0 Å². The summed E-state index contributed by atoms with van der Waals surface area (Å²) in [5, 5.41) is 5.62. The maximum atomic E-state index is 12.6. The van der Waals surface area contributed by atoms with Gasteiger partial charge in [-0.1, -0.05) is 42.5 Å². The Morgan fingerprint density at radius 3 is 2.87 bits per heavy atom. The predicted molar refractivity (Wildman–Crippen MR) is 90.1 cm³/mol. The number of hydrogen-bond donors (Lipinski definition) is 0. The largest absolute Gasteiger partial charge is 0.280 e. The predicted octanol–water partition coefficient (Wildman–Crippen LogP) is 3.16. The molecule has 2 heterocycles. The molecule has 1 amide bonds. The van der Waals surface area contributed by atoms with E-state index in [0.29, 0.717) is 21.9 Å². The number of carbonyl (C=O) groups is 1. The molecule has 2 rings (SSSR count). The number of fused-ring (bicyclic) bond motifs is 1. The van der Waals surface area contributed by atoms with Gasteiger partial charge in [0.25, 0.3) is 5.91 Å². The molecule has 0 aliphatic rings. The minimum atomic E-state index is -0.344. The number of aromatic nitrogens is 3. The van der Waals surface area contributed by atoms with Crippen molar-refractivity contribution in [2.24, 2.45) is 0 Å². The minimum absolute atomic E-state index is 0.341. The molecule has 0 unspecified atom stereocenters. The van der Waals surface area contributed by atoms with Crippen molar-refractivity contribution in [1.29, 1.82) is 0 Å². The van der Waals surface area contributed by atoms with E-state index in [-0.39, 0.29) is 5.91 Å². The lowest BCUT2D eigenvalue weighted by Gasteiger charge is -2.16. The number of hydroxylamine groups is 2. The van der Waals surface area contributed by atoms with Crippen LogP contribution >= 0.6 is 11.6 Å². The van der Waals surface area contributed by atoms with Crippen LogP contribution in [0, 0.1) is 0 Å². The van der Waals surface area contributed by atoms with Crippen LogP contribution in [-0.4, -0.2) is 39.7 Å². The topological polar surface area (TPSA) is 59.7 Å². The van der Waals surface area contributed by atoms with E-state index in [4.69, 9.17) is 16.4 Å². The van der Waals surface area contributed by atoms with Crippen LogP contribution in [0.4, 0.5) is 0 Å². The molecule has 120 valence electrons. The zero-order valence-corrected chi connectivity index (χ0v) is 13.9. The van der Waals surface area contributed by atoms with E-state index < -0.39 is 0 Å². The zero-order valence-electron chi connectivity index (χ0n) is 13.2. The Balaban J connectivity index is 2.76. The van der Waals surface area contributed by atoms with Crippen molar-refractivity contribution < 1.29 is 9.63 Å². The summed E-state index contributed by atoms with van der Waals surface area (Å²) < 4.78 is 1.46. The normalized spacial score (nSPS) is 12.1. The second-order valence-corrected chi connectivity index (χ2v) is 5.01. The van der Waals surface area contributed by atoms with Gasteiger partial charge in [-0.3, -0.25) is 9.63 Å². The first-order valence-electron chi connectivity index (χ1n) is 6.85. The molecule has 0 spiro atoms. The molecule has 7 heteroatoms. The van der Waals surface area contributed by atoms with E-state index in [0.717, 1.165) is 10.6 Å². The maximum Gasteiger partial charge on any atom is 0.280 e. The first kappa shape index (κ1) is 16.9. The summed E-state index contributed by atoms with van der Waals surface area (Å²) in [5.41, 5.74) is 2.02. The molecule has 0 aliphatic heterocycles. The van der Waals surface area contributed by atoms with Crippen molar-refractivity contribution in [1.82, 2.24) is 19.7 Å². The summed E-state index contributed by atoms with van der Waals surface area (Å²) in [7, 11) is 2.94. The summed E-state index contributed by atoms with van der Waals surface area (Å²) in [6, 6.07) is 0. The maximum absolute atomic E-state index is 12.6. The van der Waals surface area contributed by atoms with Gasteiger partial charge in [0.15, 0.2) is 5.65 Å². The molecule has 23 heavy (non-hydrogen) atoms. The van der Waals surface area contributed by atoms with Crippen LogP contribution in [-0.2, 0) is 4.84 Å². The SMILES string of the molecule is C=C/C=C(\C=C/C)c1nc2c(Cl)cnn2cc1C(=O)N(C)OC. The number of allylic oxidation sites excluding steroid dienone is 5. The van der Waals surface area contributed by atoms with Crippen molar-refractivity contribution >= 4 is 28.7 Å². The van der Waals surface area contributed by atoms with Gasteiger partial charge >= 0.3 is 0 Å². The number of hydrogen-bond acceptors (Lipinski definition) is 4. The Bertz CT molecular complexity index is 808. The first-order chi connectivity index (χ1) is 11.0. The summed E-state index contributed by atoms with van der Waals surface area (Å²) in [4.78, 5) is 22.1. The molecule has 0 saturated heterocycles. The standard InChI is InChI=1S/C16H17ClN4O2/c1-5-7-11(8-6-2)14-12(16(22)20(3)23-4)10-21-15(19-14)13(17)9-18-21/h5-10H,1H2,2-4H3/b8-6-,11-7+. The van der Waals surface area contributed by atoms with Crippen LogP contribution < -0.4 is 0 Å². The fourth-order valence-electron chi connectivity index (χ4n) is 2.03. The monoisotopic (exact) mass is 332 g/mol. The lowest BCUT2D eigenvalue weighted by Crippen LogP contribution is -2.27. The number of carbonyl (C=O) groups excluding carboxylic acids is 1. The van der Waals surface area contributed by atoms with E-state index in [9.17, 15) is 4.79 Å². The molecule has 0 atom stereocenters. The highest BCUT2D eigenvalue weighted by Gasteiger charge is 2.21. The van der Waals surface area contributed by atoms with Crippen LogP contribution in [0.3, 0.4) is 0 Å². The molecule has 0 aliphatic carbocycles. The van der Waals surface area contributed by atoms with Gasteiger partial charge in [-0.25, -0.2) is 14.6 Å². The molecule has 2 aromatic rings. The molecule has 2 aromatic heterocycles. The third kappa shape index (κ3) is 3.33. The highest BCUT2D eigenvalue weighted by Crippen LogP contribution is 2.24. The van der Waals surface area contributed by atoms with E-state index in [2.05, 4.69) is 16.7 Å². The second kappa shape index (κ2) is 7.21. The molecule has 0 radical (unpaired) electrons. The summed E-state index contributed by atoms with van der Waals surface area (Å²) in [5.74, 6) is -0.344. The van der Waals surface area contributed by atoms with Crippen molar-refractivity contribution in [3.05, 3.63) is 59.6 Å². The summed E-state index contributed by atoms with van der Waals surface area (Å²) in [6.07, 6.45) is 10.2. The molecule has 0 N–H and O–H groups in total. The van der Waals surface area contributed by atoms with Gasteiger partial charge in [0.2, 0.25) is 0 Å². The quantitative estimate of drug-likeness (QED) is 0.623. The Hall–Kier alpha value is -2.44. The molecule has 0 saturated carbocycles. The Morgan fingerprint density at radius 2 is 2.26 bits per heavy atom. The third-order valence-electron chi connectivity index (χ3n) is 3.16. The molecular weight excluding hydrogens is 316 g/mol. The molecule has 0 aromatic carbocycles. The Morgan fingerprint density at radius 1 is 1.52 bits per heavy atom. The number of halogens is 1. The second-order valence-electron chi connectivity index (χ2n) is 4.61. The number of nitrogens with zero attached hydrogens (tertiary/aromatic N) is 4. The van der Waals surface area contributed by atoms with Crippen LogP contribution in [0.25, 0.3) is 11.2 Å². The van der Waals surface area contributed by atoms with Gasteiger partial charge in [-0.2, -0.15) is 5.10 Å². The highest BCUT2D eigenvalue weighted by molar-refractivity contribution is 6.33. The fraction of sp³-hybridized carbons (Fsp3) is 0.188. The van der Waals surface area contributed by atoms with Gasteiger partial charge in [-0.05, 0) is 6.92 Å². The van der Waals surface area contributed by atoms with Crippen molar-refractivity contribution in [3.8, 4) is 0 Å². The first-order valence-corrected chi connectivity index (χ1v) is 7.23. The van der Waals surface area contributed by atoms with Crippen LogP contribution in [0.5, 0.6) is 0 Å². The van der Waals surface area contributed by atoms with Crippen molar-refractivity contribution in [2.75, 3.05) is 14.2 Å². The van der Waals surface area contributed by atoms with Gasteiger partial charge in [0, 0.05) is 18.8 Å². The Labute approximate surface area is 139 Å². The van der Waals surface area contributed by atoms with Crippen molar-refractivity contribution in [2.45, 2.75) is 6.92 Å². The zero-order chi connectivity index (χ0) is 17.0. The van der Waals surface area contributed by atoms with Gasteiger partial charge in [-0.15, -0.1) is 0 Å². The minimum Gasteiger partial charge on any atom is -0.274 e. The average molecular weight is 333 g/mol. The highest BCUT2D eigenvalue weighted by atomic mass is 35.5. The molecule has 6 nitrogen and oxygen atoms in total. The number of rotatable bonds is 5. The van der Waals surface area contributed by atoms with E-state index in [1.807, 2.05) is 19.1 Å². The number of amides is 1. The van der Waals surface area contributed by atoms with Gasteiger partial charge in [0.1, 0.15) is 5.02 Å².